The van der Waals surface area contributed by atoms with Crippen LogP contribution in [-0.2, 0) is 14.1 Å². The van der Waals surface area contributed by atoms with Gasteiger partial charge in [-0.25, -0.2) is 0 Å². The van der Waals surface area contributed by atoms with Gasteiger partial charge in [-0.3, -0.25) is 9.36 Å². The molecule has 68 valence electrons. The molecule has 2 aromatic heterocycles. The molecule has 0 atom stereocenters. The quantitative estimate of drug-likeness (QED) is 0.612. The lowest BCUT2D eigenvalue weighted by molar-refractivity contribution is 0.696. The smallest absolute Gasteiger partial charge is 0.137 e. The summed E-state index contributed by atoms with van der Waals surface area (Å²) in [6.45, 7) is 1.95. The molecule has 2 heterocycles. The average molecular weight is 178 g/mol. The summed E-state index contributed by atoms with van der Waals surface area (Å²) in [5.74, 6) is 0. The van der Waals surface area contributed by atoms with Crippen LogP contribution in [0.3, 0.4) is 0 Å². The highest BCUT2D eigenvalue weighted by Gasteiger charge is 2.11. The van der Waals surface area contributed by atoms with Crippen LogP contribution in [0.5, 0.6) is 0 Å². The van der Waals surface area contributed by atoms with Gasteiger partial charge in [0.15, 0.2) is 0 Å². The molecular weight excluding hydrogens is 168 g/mol. The molecule has 0 unspecified atom stereocenters. The van der Waals surface area contributed by atoms with E-state index in [0.717, 1.165) is 17.1 Å². The van der Waals surface area contributed by atoms with Crippen molar-refractivity contribution in [3.63, 3.8) is 0 Å². The minimum absolute atomic E-state index is 0.758. The predicted molar refractivity (Wildman–Crippen MR) is 45.7 cm³/mol. The molecule has 0 saturated heterocycles. The van der Waals surface area contributed by atoms with Gasteiger partial charge in [0.1, 0.15) is 11.4 Å². The fourth-order valence-electron chi connectivity index (χ4n) is 1.10. The molecule has 0 aliphatic rings. The van der Waals surface area contributed by atoms with Crippen LogP contribution in [0.2, 0.25) is 0 Å². The van der Waals surface area contributed by atoms with E-state index in [1.807, 2.05) is 27.2 Å². The maximum atomic E-state index is 4.00. The van der Waals surface area contributed by atoms with E-state index in [9.17, 15) is 0 Å². The first-order chi connectivity index (χ1) is 6.18. The maximum absolute atomic E-state index is 4.00. The Balaban J connectivity index is 2.52. The Kier molecular flexibility index (Phi) is 1.61. The van der Waals surface area contributed by atoms with Crippen LogP contribution in [0.25, 0.3) is 11.4 Å². The van der Waals surface area contributed by atoms with E-state index in [0.29, 0.717) is 0 Å². The maximum Gasteiger partial charge on any atom is 0.137 e. The van der Waals surface area contributed by atoms with E-state index in [1.165, 1.54) is 0 Å². The SMILES string of the molecule is Cc1c(-c2cn(C)nn2)nnn1C. The number of nitrogens with zero attached hydrogens (tertiary/aromatic N) is 6. The first-order valence-electron chi connectivity index (χ1n) is 3.91. The third kappa shape index (κ3) is 1.20. The summed E-state index contributed by atoms with van der Waals surface area (Å²) in [7, 11) is 3.67. The van der Waals surface area contributed by atoms with Crippen LogP contribution in [0, 0.1) is 6.92 Å². The van der Waals surface area contributed by atoms with Gasteiger partial charge in [-0.05, 0) is 6.92 Å². The van der Waals surface area contributed by atoms with Gasteiger partial charge in [-0.1, -0.05) is 10.4 Å². The van der Waals surface area contributed by atoms with Crippen molar-refractivity contribution in [2.24, 2.45) is 14.1 Å². The second kappa shape index (κ2) is 2.65. The van der Waals surface area contributed by atoms with Crippen molar-refractivity contribution in [3.8, 4) is 11.4 Å². The fraction of sp³-hybridized carbons (Fsp3) is 0.429. The van der Waals surface area contributed by atoms with Crippen molar-refractivity contribution < 1.29 is 0 Å². The lowest BCUT2D eigenvalue weighted by atomic mass is 10.3. The Morgan fingerprint density at radius 3 is 2.38 bits per heavy atom. The summed E-state index contributed by atoms with van der Waals surface area (Å²) in [5, 5.41) is 15.7. The minimum atomic E-state index is 0.758. The minimum Gasteiger partial charge on any atom is -0.255 e. The number of rotatable bonds is 1. The molecule has 0 radical (unpaired) electrons. The molecule has 2 rings (SSSR count). The van der Waals surface area contributed by atoms with Gasteiger partial charge in [0.25, 0.3) is 0 Å². The zero-order valence-corrected chi connectivity index (χ0v) is 7.76. The Labute approximate surface area is 75.2 Å². The van der Waals surface area contributed by atoms with E-state index in [1.54, 1.807) is 9.36 Å². The fourth-order valence-corrected chi connectivity index (χ4v) is 1.10. The number of aryl methyl sites for hydroxylation is 2. The van der Waals surface area contributed by atoms with Crippen molar-refractivity contribution in [2.45, 2.75) is 6.92 Å². The Morgan fingerprint density at radius 1 is 1.15 bits per heavy atom. The van der Waals surface area contributed by atoms with Gasteiger partial charge < -0.3 is 0 Å². The van der Waals surface area contributed by atoms with Gasteiger partial charge in [0, 0.05) is 14.1 Å². The molecule has 0 bridgehead atoms. The topological polar surface area (TPSA) is 61.4 Å². The molecule has 0 aromatic carbocycles. The number of hydrogen-bond acceptors (Lipinski definition) is 4. The summed E-state index contributed by atoms with van der Waals surface area (Å²) in [5.41, 5.74) is 2.53. The third-order valence-electron chi connectivity index (χ3n) is 1.95. The van der Waals surface area contributed by atoms with Gasteiger partial charge in [-0.15, -0.1) is 10.2 Å². The number of aromatic nitrogens is 6. The molecule has 0 saturated carbocycles. The molecule has 0 aliphatic heterocycles. The molecule has 2 aromatic rings. The molecule has 13 heavy (non-hydrogen) atoms. The second-order valence-electron chi connectivity index (χ2n) is 2.92. The van der Waals surface area contributed by atoms with E-state index in [2.05, 4.69) is 20.6 Å². The molecule has 6 heteroatoms. The van der Waals surface area contributed by atoms with E-state index < -0.39 is 0 Å². The summed E-state index contributed by atoms with van der Waals surface area (Å²) >= 11 is 0. The molecule has 0 aliphatic carbocycles. The van der Waals surface area contributed by atoms with Crippen molar-refractivity contribution in [1.29, 1.82) is 0 Å². The van der Waals surface area contributed by atoms with Crippen LogP contribution < -0.4 is 0 Å². The van der Waals surface area contributed by atoms with Crippen LogP contribution in [0.4, 0.5) is 0 Å². The summed E-state index contributed by atoms with van der Waals surface area (Å²) in [6.07, 6.45) is 1.82. The standard InChI is InChI=1S/C7H10N6/c1-5-7(9-11-13(5)3)6-4-12(2)10-8-6/h4H,1-3H3. The van der Waals surface area contributed by atoms with Crippen molar-refractivity contribution in [3.05, 3.63) is 11.9 Å². The van der Waals surface area contributed by atoms with Gasteiger partial charge >= 0.3 is 0 Å². The van der Waals surface area contributed by atoms with E-state index >= 15 is 0 Å². The van der Waals surface area contributed by atoms with E-state index in [4.69, 9.17) is 0 Å². The Hall–Kier alpha value is -1.72. The lowest BCUT2D eigenvalue weighted by Crippen LogP contribution is -1.92. The van der Waals surface area contributed by atoms with Crippen LogP contribution in [0.15, 0.2) is 6.20 Å². The van der Waals surface area contributed by atoms with Crippen molar-refractivity contribution in [1.82, 2.24) is 30.0 Å². The largest absolute Gasteiger partial charge is 0.255 e. The lowest BCUT2D eigenvalue weighted by Gasteiger charge is -1.91. The monoisotopic (exact) mass is 178 g/mol. The van der Waals surface area contributed by atoms with Gasteiger partial charge in [0.2, 0.25) is 0 Å². The Bertz CT molecular complexity index is 426. The van der Waals surface area contributed by atoms with Gasteiger partial charge in [-0.2, -0.15) is 0 Å². The number of hydrogen-bond donors (Lipinski definition) is 0. The first kappa shape index (κ1) is 7.90. The summed E-state index contributed by atoms with van der Waals surface area (Å²) < 4.78 is 3.35. The molecule has 0 fully saturated rings. The van der Waals surface area contributed by atoms with Crippen LogP contribution in [0.1, 0.15) is 5.69 Å². The highest BCUT2D eigenvalue weighted by atomic mass is 15.4. The van der Waals surface area contributed by atoms with Crippen molar-refractivity contribution in [2.75, 3.05) is 0 Å². The second-order valence-corrected chi connectivity index (χ2v) is 2.92. The van der Waals surface area contributed by atoms with E-state index in [-0.39, 0.29) is 0 Å². The van der Waals surface area contributed by atoms with Crippen molar-refractivity contribution >= 4 is 0 Å². The summed E-state index contributed by atoms with van der Waals surface area (Å²) in [6, 6.07) is 0. The van der Waals surface area contributed by atoms with Crippen LogP contribution >= 0.6 is 0 Å². The highest BCUT2D eigenvalue weighted by molar-refractivity contribution is 5.54. The average Bonchev–Trinajstić information content (AvgIpc) is 2.62. The zero-order chi connectivity index (χ0) is 9.42. The first-order valence-corrected chi connectivity index (χ1v) is 3.91. The molecule has 0 N–H and O–H groups in total. The Morgan fingerprint density at radius 2 is 1.92 bits per heavy atom. The molecule has 0 amide bonds. The van der Waals surface area contributed by atoms with Gasteiger partial charge in [0.05, 0.1) is 11.9 Å². The third-order valence-corrected chi connectivity index (χ3v) is 1.95. The molecule has 0 spiro atoms. The molecule has 6 nitrogen and oxygen atoms in total. The predicted octanol–water partition coefficient (Wildman–Crippen LogP) is -0.0810. The highest BCUT2D eigenvalue weighted by Crippen LogP contribution is 2.15. The normalized spacial score (nSPS) is 10.7. The van der Waals surface area contributed by atoms with Crippen LogP contribution in [-0.4, -0.2) is 30.0 Å². The molecular formula is C7H10N6. The summed E-state index contributed by atoms with van der Waals surface area (Å²) in [4.78, 5) is 0. The zero-order valence-electron chi connectivity index (χ0n) is 7.76.